The molecule has 0 aliphatic carbocycles. The zero-order chi connectivity index (χ0) is 21.0. The fraction of sp³-hybridized carbons (Fsp3) is 0.278. The Balaban J connectivity index is 1.57. The first-order chi connectivity index (χ1) is 13.8. The van der Waals surface area contributed by atoms with Gasteiger partial charge in [-0.15, -0.1) is 21.5 Å². The quantitative estimate of drug-likeness (QED) is 0.554. The molecule has 0 bridgehead atoms. The molecule has 3 aromatic rings. The number of amides is 2. The molecule has 0 aliphatic rings. The van der Waals surface area contributed by atoms with E-state index in [0.717, 1.165) is 5.69 Å². The first-order valence-corrected chi connectivity index (χ1v) is 10.4. The standard InChI is InChI=1S/C18H19FN6O2S2/c1-10-9-28-17(20-10)22-16(27)11(2)29-18-24-23-14(25(18)3)8-15(26)21-13-6-4-12(19)5-7-13/h4-7,9,11H,8H2,1-3H3,(H,21,26)(H,20,22,27)/t11-/m1/s1. The van der Waals surface area contributed by atoms with Gasteiger partial charge in [-0.3, -0.25) is 9.59 Å². The molecule has 2 heterocycles. The van der Waals surface area contributed by atoms with Gasteiger partial charge in [0.1, 0.15) is 11.6 Å². The van der Waals surface area contributed by atoms with Crippen LogP contribution in [0.15, 0.2) is 34.8 Å². The van der Waals surface area contributed by atoms with Crippen LogP contribution in [0, 0.1) is 12.7 Å². The Morgan fingerprint density at radius 2 is 1.97 bits per heavy atom. The number of rotatable bonds is 7. The maximum Gasteiger partial charge on any atom is 0.239 e. The summed E-state index contributed by atoms with van der Waals surface area (Å²) < 4.78 is 14.6. The van der Waals surface area contributed by atoms with Crippen LogP contribution in [0.5, 0.6) is 0 Å². The van der Waals surface area contributed by atoms with E-state index in [2.05, 4.69) is 25.8 Å². The van der Waals surface area contributed by atoms with Gasteiger partial charge in [0, 0.05) is 18.1 Å². The zero-order valence-corrected chi connectivity index (χ0v) is 17.6. The van der Waals surface area contributed by atoms with Gasteiger partial charge < -0.3 is 15.2 Å². The number of carbonyl (C=O) groups excluding carboxylic acids is 2. The summed E-state index contributed by atoms with van der Waals surface area (Å²) in [5, 5.41) is 16.1. The molecule has 0 aliphatic heterocycles. The third-order valence-electron chi connectivity index (χ3n) is 3.87. The van der Waals surface area contributed by atoms with Crippen LogP contribution < -0.4 is 10.6 Å². The molecule has 0 saturated heterocycles. The molecule has 152 valence electrons. The normalized spacial score (nSPS) is 11.9. The molecular weight excluding hydrogens is 415 g/mol. The van der Waals surface area contributed by atoms with Crippen LogP contribution in [0.4, 0.5) is 15.2 Å². The number of anilines is 2. The highest BCUT2D eigenvalue weighted by Gasteiger charge is 2.20. The van der Waals surface area contributed by atoms with Crippen molar-refractivity contribution in [3.8, 4) is 0 Å². The topological polar surface area (TPSA) is 102 Å². The minimum absolute atomic E-state index is 0.000403. The number of carbonyl (C=O) groups is 2. The van der Waals surface area contributed by atoms with E-state index < -0.39 is 5.25 Å². The molecule has 0 fully saturated rings. The minimum atomic E-state index is -0.428. The summed E-state index contributed by atoms with van der Waals surface area (Å²) in [6.07, 6.45) is 0.000403. The highest BCUT2D eigenvalue weighted by atomic mass is 32.2. The lowest BCUT2D eigenvalue weighted by molar-refractivity contribution is -0.116. The van der Waals surface area contributed by atoms with E-state index in [4.69, 9.17) is 0 Å². The van der Waals surface area contributed by atoms with Gasteiger partial charge >= 0.3 is 0 Å². The number of aromatic nitrogens is 4. The van der Waals surface area contributed by atoms with Crippen molar-refractivity contribution in [2.45, 2.75) is 30.7 Å². The average Bonchev–Trinajstić information content (AvgIpc) is 3.23. The van der Waals surface area contributed by atoms with Crippen molar-refractivity contribution in [1.82, 2.24) is 19.7 Å². The largest absolute Gasteiger partial charge is 0.326 e. The minimum Gasteiger partial charge on any atom is -0.326 e. The summed E-state index contributed by atoms with van der Waals surface area (Å²) in [5.74, 6) is -0.409. The molecule has 29 heavy (non-hydrogen) atoms. The van der Waals surface area contributed by atoms with Crippen LogP contribution >= 0.6 is 23.1 Å². The predicted octanol–water partition coefficient (Wildman–Crippen LogP) is 3.02. The lowest BCUT2D eigenvalue weighted by Crippen LogP contribution is -2.23. The van der Waals surface area contributed by atoms with Crippen molar-refractivity contribution in [2.24, 2.45) is 7.05 Å². The van der Waals surface area contributed by atoms with E-state index in [9.17, 15) is 14.0 Å². The Bertz CT molecular complexity index is 1020. The van der Waals surface area contributed by atoms with Gasteiger partial charge in [-0.05, 0) is 38.1 Å². The first-order valence-electron chi connectivity index (χ1n) is 8.65. The Morgan fingerprint density at radius 3 is 2.62 bits per heavy atom. The van der Waals surface area contributed by atoms with Crippen LogP contribution in [-0.2, 0) is 23.1 Å². The van der Waals surface area contributed by atoms with Gasteiger partial charge in [-0.1, -0.05) is 11.8 Å². The monoisotopic (exact) mass is 434 g/mol. The number of halogens is 1. The second kappa shape index (κ2) is 9.14. The number of thiazole rings is 1. The second-order valence-electron chi connectivity index (χ2n) is 6.23. The SMILES string of the molecule is Cc1csc(NC(=O)[C@@H](C)Sc2nnc(CC(=O)Nc3ccc(F)cc3)n2C)n1. The third kappa shape index (κ3) is 5.61. The number of aryl methyl sites for hydroxylation is 1. The second-order valence-corrected chi connectivity index (χ2v) is 8.40. The summed E-state index contributed by atoms with van der Waals surface area (Å²) >= 11 is 2.60. The molecule has 2 N–H and O–H groups in total. The van der Waals surface area contributed by atoms with E-state index in [1.54, 1.807) is 18.5 Å². The van der Waals surface area contributed by atoms with Crippen molar-refractivity contribution in [3.05, 3.63) is 47.0 Å². The molecule has 2 aromatic heterocycles. The van der Waals surface area contributed by atoms with Crippen molar-refractivity contribution >= 4 is 45.7 Å². The first kappa shape index (κ1) is 20.9. The van der Waals surface area contributed by atoms with Gasteiger partial charge in [-0.25, -0.2) is 9.37 Å². The molecule has 0 unspecified atom stereocenters. The van der Waals surface area contributed by atoms with Crippen molar-refractivity contribution in [1.29, 1.82) is 0 Å². The molecule has 11 heteroatoms. The molecule has 1 atom stereocenters. The zero-order valence-electron chi connectivity index (χ0n) is 16.0. The number of benzene rings is 1. The third-order valence-corrected chi connectivity index (χ3v) is 5.88. The van der Waals surface area contributed by atoms with E-state index in [0.29, 0.717) is 21.8 Å². The number of thioether (sulfide) groups is 1. The lowest BCUT2D eigenvalue weighted by atomic mass is 10.3. The highest BCUT2D eigenvalue weighted by Crippen LogP contribution is 2.23. The fourth-order valence-electron chi connectivity index (χ4n) is 2.31. The predicted molar refractivity (Wildman–Crippen MR) is 111 cm³/mol. The van der Waals surface area contributed by atoms with Crippen LogP contribution in [0.3, 0.4) is 0 Å². The molecule has 8 nitrogen and oxygen atoms in total. The van der Waals surface area contributed by atoms with Crippen molar-refractivity contribution in [2.75, 3.05) is 10.6 Å². The molecule has 0 radical (unpaired) electrons. The summed E-state index contributed by atoms with van der Waals surface area (Å²) in [5.41, 5.74) is 1.35. The fourth-order valence-corrected chi connectivity index (χ4v) is 3.84. The highest BCUT2D eigenvalue weighted by molar-refractivity contribution is 8.00. The van der Waals surface area contributed by atoms with E-state index >= 15 is 0 Å². The van der Waals surface area contributed by atoms with Gasteiger partial charge in [-0.2, -0.15) is 0 Å². The van der Waals surface area contributed by atoms with Crippen molar-refractivity contribution < 1.29 is 14.0 Å². The van der Waals surface area contributed by atoms with Crippen LogP contribution in [0.1, 0.15) is 18.4 Å². The van der Waals surface area contributed by atoms with Crippen LogP contribution in [-0.4, -0.2) is 36.8 Å². The van der Waals surface area contributed by atoms with Gasteiger partial charge in [0.15, 0.2) is 10.3 Å². The molecule has 3 rings (SSSR count). The van der Waals surface area contributed by atoms with Crippen molar-refractivity contribution in [3.63, 3.8) is 0 Å². The maximum absolute atomic E-state index is 12.9. The molecule has 2 amide bonds. The van der Waals surface area contributed by atoms with E-state index in [-0.39, 0.29) is 24.1 Å². The smallest absolute Gasteiger partial charge is 0.239 e. The van der Waals surface area contributed by atoms with Crippen LogP contribution in [0.2, 0.25) is 0 Å². The summed E-state index contributed by atoms with van der Waals surface area (Å²) in [7, 11) is 1.73. The Hall–Kier alpha value is -2.79. The summed E-state index contributed by atoms with van der Waals surface area (Å²) in [6.45, 7) is 3.62. The lowest BCUT2D eigenvalue weighted by Gasteiger charge is -2.10. The molecule has 1 aromatic carbocycles. The molecule has 0 saturated carbocycles. The Labute approximate surface area is 174 Å². The number of nitrogens with one attached hydrogen (secondary N) is 2. The van der Waals surface area contributed by atoms with Crippen LogP contribution in [0.25, 0.3) is 0 Å². The Morgan fingerprint density at radius 1 is 1.24 bits per heavy atom. The molecule has 0 spiro atoms. The van der Waals surface area contributed by atoms with Gasteiger partial charge in [0.05, 0.1) is 17.4 Å². The van der Waals surface area contributed by atoms with Gasteiger partial charge in [0.2, 0.25) is 11.8 Å². The summed E-state index contributed by atoms with van der Waals surface area (Å²) in [4.78, 5) is 28.7. The van der Waals surface area contributed by atoms with Gasteiger partial charge in [0.25, 0.3) is 0 Å². The summed E-state index contributed by atoms with van der Waals surface area (Å²) in [6, 6.07) is 5.50. The average molecular weight is 435 g/mol. The maximum atomic E-state index is 12.9. The Kier molecular flexibility index (Phi) is 6.60. The van der Waals surface area contributed by atoms with E-state index in [1.807, 2.05) is 12.3 Å². The van der Waals surface area contributed by atoms with E-state index in [1.165, 1.54) is 47.4 Å². The molecular formula is C18H19FN6O2S2. The number of nitrogens with zero attached hydrogens (tertiary/aromatic N) is 4. The number of hydrogen-bond acceptors (Lipinski definition) is 7. The number of hydrogen-bond donors (Lipinski definition) is 2.